The van der Waals surface area contributed by atoms with Crippen LogP contribution >= 0.6 is 0 Å². The molecule has 0 aromatic heterocycles. The molecule has 0 aromatic rings. The molecule has 0 atom stereocenters. The van der Waals surface area contributed by atoms with Crippen LogP contribution in [0, 0.1) is 0 Å². The normalized spacial score (nSPS) is 12.5. The maximum Gasteiger partial charge on any atom is 0.120 e. The molecule has 0 unspecified atom stereocenters. The maximum atomic E-state index is 5.65. The molecule has 15 heavy (non-hydrogen) atoms. The van der Waals surface area contributed by atoms with Gasteiger partial charge < -0.3 is 9.47 Å². The smallest absolute Gasteiger partial charge is 0.120 e. The first-order valence-electron chi connectivity index (χ1n) is 5.28. The summed E-state index contributed by atoms with van der Waals surface area (Å²) >= 11 is 0. The zero-order valence-electron chi connectivity index (χ0n) is 10.2. The lowest BCUT2D eigenvalue weighted by atomic mass is 10.1. The van der Waals surface area contributed by atoms with E-state index in [-0.39, 0.29) is 0 Å². The molecule has 0 radical (unpaired) electrons. The minimum absolute atomic E-state index is 0.434. The molecule has 0 bridgehead atoms. The van der Waals surface area contributed by atoms with Crippen LogP contribution in [0.25, 0.3) is 0 Å². The minimum Gasteiger partial charge on any atom is -0.496 e. The van der Waals surface area contributed by atoms with Crippen molar-refractivity contribution >= 4 is 0 Å². The number of hydrogen-bond acceptors (Lipinski definition) is 2. The van der Waals surface area contributed by atoms with Gasteiger partial charge in [0.15, 0.2) is 0 Å². The van der Waals surface area contributed by atoms with E-state index in [0.29, 0.717) is 19.0 Å². The van der Waals surface area contributed by atoms with Gasteiger partial charge in [-0.05, 0) is 27.7 Å². The Kier molecular flexibility index (Phi) is 6.80. The van der Waals surface area contributed by atoms with Crippen LogP contribution in [0.2, 0.25) is 0 Å². The monoisotopic (exact) mass is 210 g/mol. The summed E-state index contributed by atoms with van der Waals surface area (Å²) in [5.41, 5.74) is -0.434. The Hall–Kier alpha value is -1.02. The van der Waals surface area contributed by atoms with E-state index >= 15 is 0 Å². The lowest BCUT2D eigenvalue weighted by molar-refractivity contribution is -0.0160. The van der Waals surface area contributed by atoms with E-state index in [1.807, 2.05) is 52.0 Å². The number of rotatable bonds is 7. The molecule has 0 rings (SSSR count). The van der Waals surface area contributed by atoms with Crippen LogP contribution < -0.4 is 0 Å². The zero-order valence-corrected chi connectivity index (χ0v) is 10.2. The van der Waals surface area contributed by atoms with Crippen LogP contribution in [0.4, 0.5) is 0 Å². The summed E-state index contributed by atoms with van der Waals surface area (Å²) in [6.07, 6.45) is 7.86. The van der Waals surface area contributed by atoms with Crippen molar-refractivity contribution in [2.75, 3.05) is 13.2 Å². The van der Waals surface area contributed by atoms with Gasteiger partial charge in [0.05, 0.1) is 13.2 Å². The molecule has 0 saturated heterocycles. The van der Waals surface area contributed by atoms with Gasteiger partial charge in [0.2, 0.25) is 0 Å². The van der Waals surface area contributed by atoms with Gasteiger partial charge in [-0.1, -0.05) is 30.9 Å². The molecule has 0 N–H and O–H groups in total. The molecule has 0 saturated carbocycles. The van der Waals surface area contributed by atoms with Gasteiger partial charge in [0.25, 0.3) is 0 Å². The third-order valence-corrected chi connectivity index (χ3v) is 1.97. The van der Waals surface area contributed by atoms with Crippen LogP contribution in [0.15, 0.2) is 36.6 Å². The van der Waals surface area contributed by atoms with Crippen LogP contribution in [0.1, 0.15) is 27.7 Å². The summed E-state index contributed by atoms with van der Waals surface area (Å²) in [5.74, 6) is 0.671. The summed E-state index contributed by atoms with van der Waals surface area (Å²) in [6, 6.07) is 0. The van der Waals surface area contributed by atoms with E-state index in [1.165, 1.54) is 0 Å². The first-order valence-corrected chi connectivity index (χ1v) is 5.28. The lowest BCUT2D eigenvalue weighted by Crippen LogP contribution is -2.28. The Morgan fingerprint density at radius 2 is 2.00 bits per heavy atom. The highest BCUT2D eigenvalue weighted by molar-refractivity contribution is 5.04. The summed E-state index contributed by atoms with van der Waals surface area (Å²) in [4.78, 5) is 0. The van der Waals surface area contributed by atoms with Gasteiger partial charge in [0, 0.05) is 0 Å². The van der Waals surface area contributed by atoms with E-state index in [1.54, 1.807) is 0 Å². The molecule has 86 valence electrons. The minimum atomic E-state index is -0.434. The van der Waals surface area contributed by atoms with Crippen molar-refractivity contribution in [3.8, 4) is 0 Å². The zero-order chi connectivity index (χ0) is 11.7. The van der Waals surface area contributed by atoms with E-state index in [2.05, 4.69) is 6.58 Å². The fourth-order valence-electron chi connectivity index (χ4n) is 0.930. The van der Waals surface area contributed by atoms with Crippen molar-refractivity contribution in [3.05, 3.63) is 36.6 Å². The second-order valence-electron chi connectivity index (χ2n) is 3.63. The molecule has 0 spiro atoms. The summed E-state index contributed by atoms with van der Waals surface area (Å²) in [7, 11) is 0. The molecular weight excluding hydrogens is 188 g/mol. The molecule has 0 aliphatic carbocycles. The fourth-order valence-corrected chi connectivity index (χ4v) is 0.930. The highest BCUT2D eigenvalue weighted by Gasteiger charge is 2.23. The van der Waals surface area contributed by atoms with Crippen molar-refractivity contribution in [1.29, 1.82) is 0 Å². The van der Waals surface area contributed by atoms with Gasteiger partial charge in [0.1, 0.15) is 11.4 Å². The third kappa shape index (κ3) is 6.13. The van der Waals surface area contributed by atoms with Crippen molar-refractivity contribution in [3.63, 3.8) is 0 Å². The van der Waals surface area contributed by atoms with Gasteiger partial charge in [-0.25, -0.2) is 0 Å². The van der Waals surface area contributed by atoms with Crippen LogP contribution in [-0.4, -0.2) is 18.8 Å². The number of ether oxygens (including phenoxy) is 2. The molecule has 0 aliphatic rings. The number of allylic oxidation sites excluding steroid dienone is 3. The maximum absolute atomic E-state index is 5.65. The van der Waals surface area contributed by atoms with E-state index in [4.69, 9.17) is 9.47 Å². The van der Waals surface area contributed by atoms with Crippen molar-refractivity contribution < 1.29 is 9.47 Å². The highest BCUT2D eigenvalue weighted by Crippen LogP contribution is 2.19. The van der Waals surface area contributed by atoms with E-state index in [9.17, 15) is 0 Å². The largest absolute Gasteiger partial charge is 0.496 e. The average molecular weight is 210 g/mol. The predicted molar refractivity (Wildman–Crippen MR) is 64.8 cm³/mol. The standard InChI is InChI=1S/C13H22O2/c1-6-8-9-10-11-15-13(4,5)12(3)14-7-2/h6,8-10H,3,7,11H2,1-2,4-5H3/b8-6+,10-9+. The molecular formula is C13H22O2. The van der Waals surface area contributed by atoms with E-state index in [0.717, 1.165) is 0 Å². The van der Waals surface area contributed by atoms with Gasteiger partial charge >= 0.3 is 0 Å². The fraction of sp³-hybridized carbons (Fsp3) is 0.538. The first kappa shape index (κ1) is 14.0. The predicted octanol–water partition coefficient (Wildman–Crippen LogP) is 3.46. The number of hydrogen-bond donors (Lipinski definition) is 0. The second-order valence-corrected chi connectivity index (χ2v) is 3.63. The first-order chi connectivity index (χ1) is 7.04. The van der Waals surface area contributed by atoms with Crippen molar-refractivity contribution in [2.24, 2.45) is 0 Å². The quantitative estimate of drug-likeness (QED) is 0.473. The topological polar surface area (TPSA) is 18.5 Å². The molecule has 0 amide bonds. The van der Waals surface area contributed by atoms with Gasteiger partial charge in [-0.3, -0.25) is 0 Å². The van der Waals surface area contributed by atoms with Gasteiger partial charge in [-0.2, -0.15) is 0 Å². The third-order valence-electron chi connectivity index (χ3n) is 1.97. The second kappa shape index (κ2) is 7.30. The average Bonchev–Trinajstić information content (AvgIpc) is 2.18. The Morgan fingerprint density at radius 3 is 2.53 bits per heavy atom. The van der Waals surface area contributed by atoms with E-state index < -0.39 is 5.60 Å². The SMILES string of the molecule is C=C(OCC)C(C)(C)OC/C=C/C=C/C. The van der Waals surface area contributed by atoms with Gasteiger partial charge in [-0.15, -0.1) is 0 Å². The lowest BCUT2D eigenvalue weighted by Gasteiger charge is -2.26. The Bertz CT molecular complexity index is 237. The molecule has 0 aliphatic heterocycles. The molecule has 2 heteroatoms. The molecule has 0 aromatic carbocycles. The van der Waals surface area contributed by atoms with Crippen LogP contribution in [0.3, 0.4) is 0 Å². The summed E-state index contributed by atoms with van der Waals surface area (Å²) < 4.78 is 11.0. The molecule has 2 nitrogen and oxygen atoms in total. The molecule has 0 fully saturated rings. The Morgan fingerprint density at radius 1 is 1.33 bits per heavy atom. The van der Waals surface area contributed by atoms with Crippen LogP contribution in [0.5, 0.6) is 0 Å². The Labute approximate surface area is 93.3 Å². The van der Waals surface area contributed by atoms with Crippen molar-refractivity contribution in [1.82, 2.24) is 0 Å². The summed E-state index contributed by atoms with van der Waals surface area (Å²) in [5, 5.41) is 0. The Balaban J connectivity index is 3.98. The highest BCUT2D eigenvalue weighted by atomic mass is 16.5. The molecule has 0 heterocycles. The van der Waals surface area contributed by atoms with Crippen molar-refractivity contribution in [2.45, 2.75) is 33.3 Å². The van der Waals surface area contributed by atoms with Crippen LogP contribution in [-0.2, 0) is 9.47 Å². The summed E-state index contributed by atoms with van der Waals surface area (Å²) in [6.45, 7) is 12.9.